The maximum absolute atomic E-state index is 13.7. The highest BCUT2D eigenvalue weighted by Crippen LogP contribution is 2.27. The predicted molar refractivity (Wildman–Crippen MR) is 130 cm³/mol. The highest BCUT2D eigenvalue weighted by atomic mass is 16.6. The summed E-state index contributed by atoms with van der Waals surface area (Å²) in [6.45, 7) is 16.4. The Balaban J connectivity index is 3.48. The van der Waals surface area contributed by atoms with Crippen LogP contribution in [0.4, 0.5) is 4.79 Å². The molecule has 0 spiro atoms. The zero-order valence-electron chi connectivity index (χ0n) is 21.4. The van der Waals surface area contributed by atoms with Crippen molar-refractivity contribution in [2.24, 2.45) is 5.92 Å². The molecular formula is C26H39N3O4. The second-order valence-electron chi connectivity index (χ2n) is 9.77. The Labute approximate surface area is 198 Å². The average Bonchev–Trinajstić information content (AvgIpc) is 2.69. The van der Waals surface area contributed by atoms with Gasteiger partial charge in [-0.05, 0) is 65.5 Å². The van der Waals surface area contributed by atoms with E-state index >= 15 is 0 Å². The highest BCUT2D eigenvalue weighted by Gasteiger charge is 2.38. The van der Waals surface area contributed by atoms with Crippen molar-refractivity contribution in [2.75, 3.05) is 0 Å². The van der Waals surface area contributed by atoms with Gasteiger partial charge in [-0.3, -0.25) is 14.5 Å². The smallest absolute Gasteiger partial charge is 0.408 e. The van der Waals surface area contributed by atoms with Crippen molar-refractivity contribution in [2.45, 2.75) is 92.5 Å². The first-order valence-electron chi connectivity index (χ1n) is 11.4. The van der Waals surface area contributed by atoms with Crippen LogP contribution in [0.1, 0.15) is 77.6 Å². The molecule has 0 saturated carbocycles. The third-order valence-electron chi connectivity index (χ3n) is 5.19. The molecular weight excluding hydrogens is 418 g/mol. The van der Waals surface area contributed by atoms with E-state index in [2.05, 4.69) is 16.7 Å². The summed E-state index contributed by atoms with van der Waals surface area (Å²) in [6.07, 6.45) is 5.71. The normalized spacial score (nSPS) is 14.0. The van der Waals surface area contributed by atoms with Crippen molar-refractivity contribution in [1.29, 1.82) is 0 Å². The number of ether oxygens (including phenoxy) is 1. The fourth-order valence-electron chi connectivity index (χ4n) is 3.35. The van der Waals surface area contributed by atoms with Gasteiger partial charge >= 0.3 is 6.09 Å². The van der Waals surface area contributed by atoms with Crippen molar-refractivity contribution in [3.8, 4) is 12.5 Å². The van der Waals surface area contributed by atoms with Crippen molar-refractivity contribution in [3.63, 3.8) is 0 Å². The molecule has 0 aliphatic rings. The number of amides is 3. The molecule has 3 amide bonds. The van der Waals surface area contributed by atoms with Crippen LogP contribution in [0.5, 0.6) is 0 Å². The van der Waals surface area contributed by atoms with Crippen LogP contribution >= 0.6 is 0 Å². The molecule has 33 heavy (non-hydrogen) atoms. The van der Waals surface area contributed by atoms with Gasteiger partial charge in [-0.2, -0.15) is 0 Å². The van der Waals surface area contributed by atoms with Gasteiger partial charge in [0.05, 0.1) is 0 Å². The summed E-state index contributed by atoms with van der Waals surface area (Å²) in [7, 11) is 0. The first-order valence-corrected chi connectivity index (χ1v) is 11.4. The lowest BCUT2D eigenvalue weighted by atomic mass is 9.94. The quantitative estimate of drug-likeness (QED) is 0.452. The number of terminal acetylenes is 1. The second kappa shape index (κ2) is 11.7. The molecule has 7 nitrogen and oxygen atoms in total. The molecule has 3 atom stereocenters. The van der Waals surface area contributed by atoms with E-state index in [1.165, 1.54) is 0 Å². The molecule has 0 aliphatic carbocycles. The maximum Gasteiger partial charge on any atom is 0.408 e. The monoisotopic (exact) mass is 457 g/mol. The standard InChI is InChI=1S/C26H39N3O4/c1-11-18(6)21(28-25(32)33-26(8,9)10)24(31)29(12-2)22(23(30)27-16(3)4)20-15-17(5)13-14-19(20)7/h2,13-16,18,21-22H,11H2,1,3-10H3,(H,27,30)(H,28,32). The summed E-state index contributed by atoms with van der Waals surface area (Å²) in [5.41, 5.74) is 1.68. The number of carbonyl (C=O) groups excluding carboxylic acids is 3. The number of carbonyl (C=O) groups is 3. The number of nitrogens with zero attached hydrogens (tertiary/aromatic N) is 1. The van der Waals surface area contributed by atoms with Gasteiger partial charge < -0.3 is 15.4 Å². The van der Waals surface area contributed by atoms with E-state index in [4.69, 9.17) is 11.2 Å². The molecule has 1 aromatic carbocycles. The number of alkyl carbamates (subject to hydrolysis) is 1. The Morgan fingerprint density at radius 2 is 1.73 bits per heavy atom. The molecule has 1 rings (SSSR count). The van der Waals surface area contributed by atoms with Gasteiger partial charge in [0.1, 0.15) is 17.7 Å². The molecule has 0 saturated heterocycles. The molecule has 2 N–H and O–H groups in total. The van der Waals surface area contributed by atoms with E-state index in [9.17, 15) is 14.4 Å². The molecule has 0 fully saturated rings. The molecule has 0 aliphatic heterocycles. The third-order valence-corrected chi connectivity index (χ3v) is 5.19. The Morgan fingerprint density at radius 3 is 2.21 bits per heavy atom. The number of benzene rings is 1. The molecule has 3 unspecified atom stereocenters. The Hall–Kier alpha value is -3.01. The van der Waals surface area contributed by atoms with Crippen LogP contribution in [0, 0.1) is 32.2 Å². The number of nitrogens with one attached hydrogen (secondary N) is 2. The van der Waals surface area contributed by atoms with Crippen LogP contribution in [-0.4, -0.2) is 40.5 Å². The van der Waals surface area contributed by atoms with Crippen LogP contribution in [0.3, 0.4) is 0 Å². The van der Waals surface area contributed by atoms with Crippen LogP contribution in [0.15, 0.2) is 18.2 Å². The molecule has 182 valence electrons. The zero-order chi connectivity index (χ0) is 25.5. The summed E-state index contributed by atoms with van der Waals surface area (Å²) in [5.74, 6) is -1.17. The minimum atomic E-state index is -1.04. The minimum absolute atomic E-state index is 0.148. The summed E-state index contributed by atoms with van der Waals surface area (Å²) >= 11 is 0. The van der Waals surface area contributed by atoms with Gasteiger partial charge in [0.15, 0.2) is 0 Å². The predicted octanol–water partition coefficient (Wildman–Crippen LogP) is 4.23. The summed E-state index contributed by atoms with van der Waals surface area (Å²) in [4.78, 5) is 40.6. The zero-order valence-corrected chi connectivity index (χ0v) is 21.4. The van der Waals surface area contributed by atoms with E-state index in [-0.39, 0.29) is 17.9 Å². The van der Waals surface area contributed by atoms with Crippen LogP contribution in [0.25, 0.3) is 0 Å². The first kappa shape index (κ1) is 28.0. The molecule has 0 bridgehead atoms. The van der Waals surface area contributed by atoms with E-state index in [1.807, 2.05) is 59.7 Å². The fourth-order valence-corrected chi connectivity index (χ4v) is 3.35. The van der Waals surface area contributed by atoms with Gasteiger partial charge in [0.2, 0.25) is 5.91 Å². The Bertz CT molecular complexity index is 896. The maximum atomic E-state index is 13.7. The van der Waals surface area contributed by atoms with Gasteiger partial charge in [-0.15, -0.1) is 0 Å². The number of hydrogen-bond donors (Lipinski definition) is 2. The number of rotatable bonds is 8. The lowest BCUT2D eigenvalue weighted by molar-refractivity contribution is -0.139. The van der Waals surface area contributed by atoms with Crippen LogP contribution in [0.2, 0.25) is 0 Å². The minimum Gasteiger partial charge on any atom is -0.444 e. The summed E-state index contributed by atoms with van der Waals surface area (Å²) < 4.78 is 5.35. The van der Waals surface area contributed by atoms with Crippen LogP contribution in [-0.2, 0) is 14.3 Å². The SMILES string of the molecule is C#CN(C(=O)C(NC(=O)OC(C)(C)C)C(C)CC)C(C(=O)NC(C)C)c1cc(C)ccc1C. The van der Waals surface area contributed by atoms with Crippen molar-refractivity contribution in [3.05, 3.63) is 34.9 Å². The lowest BCUT2D eigenvalue weighted by Gasteiger charge is -2.33. The van der Waals surface area contributed by atoms with Gasteiger partial charge in [-0.1, -0.05) is 50.5 Å². The van der Waals surface area contributed by atoms with Crippen LogP contribution < -0.4 is 10.6 Å². The topological polar surface area (TPSA) is 87.7 Å². The average molecular weight is 458 g/mol. The second-order valence-corrected chi connectivity index (χ2v) is 9.77. The molecule has 1 aromatic rings. The first-order chi connectivity index (χ1) is 15.2. The van der Waals surface area contributed by atoms with E-state index in [1.54, 1.807) is 20.8 Å². The molecule has 0 heterocycles. The Kier molecular flexibility index (Phi) is 9.97. The Morgan fingerprint density at radius 1 is 1.12 bits per heavy atom. The van der Waals surface area contributed by atoms with E-state index in [0.717, 1.165) is 16.0 Å². The fraction of sp³-hybridized carbons (Fsp3) is 0.577. The van der Waals surface area contributed by atoms with Gasteiger partial charge in [0.25, 0.3) is 5.91 Å². The van der Waals surface area contributed by atoms with Crippen molar-refractivity contribution >= 4 is 17.9 Å². The molecule has 7 heteroatoms. The summed E-state index contributed by atoms with van der Waals surface area (Å²) in [6, 6.07) is 5.95. The number of aryl methyl sites for hydroxylation is 2. The van der Waals surface area contributed by atoms with Crippen molar-refractivity contribution in [1.82, 2.24) is 15.5 Å². The highest BCUT2D eigenvalue weighted by molar-refractivity contribution is 5.93. The van der Waals surface area contributed by atoms with E-state index < -0.39 is 29.7 Å². The molecule has 0 radical (unpaired) electrons. The largest absolute Gasteiger partial charge is 0.444 e. The van der Waals surface area contributed by atoms with Gasteiger partial charge in [0, 0.05) is 12.1 Å². The lowest BCUT2D eigenvalue weighted by Crippen LogP contribution is -2.54. The summed E-state index contributed by atoms with van der Waals surface area (Å²) in [5, 5.41) is 5.54. The van der Waals surface area contributed by atoms with Crippen molar-refractivity contribution < 1.29 is 19.1 Å². The number of hydrogen-bond acceptors (Lipinski definition) is 4. The van der Waals surface area contributed by atoms with Gasteiger partial charge in [-0.25, -0.2) is 4.79 Å². The third kappa shape index (κ3) is 8.12. The molecule has 0 aromatic heterocycles. The van der Waals surface area contributed by atoms with E-state index in [0.29, 0.717) is 12.0 Å².